The van der Waals surface area contributed by atoms with Crippen LogP contribution in [0.25, 0.3) is 0 Å². The number of fused-ring (bicyclic) bond motifs is 5. The van der Waals surface area contributed by atoms with Gasteiger partial charge in [-0.3, -0.25) is 4.79 Å². The highest BCUT2D eigenvalue weighted by Crippen LogP contribution is 2.71. The van der Waals surface area contributed by atoms with Crippen molar-refractivity contribution in [3.8, 4) is 0 Å². The third-order valence-electron chi connectivity index (χ3n) is 10.9. The Labute approximate surface area is 201 Å². The molecule has 184 valence electrons. The molecule has 7 atom stereocenters. The first-order chi connectivity index (χ1) is 15.3. The highest BCUT2D eigenvalue weighted by Gasteiger charge is 2.65. The quantitative estimate of drug-likeness (QED) is 0.472. The Kier molecular flexibility index (Phi) is 6.19. The van der Waals surface area contributed by atoms with Gasteiger partial charge in [0.2, 0.25) is 0 Å². The highest BCUT2D eigenvalue weighted by molar-refractivity contribution is 5.87. The number of Topliss-reactive ketones (excluding diaryl/α,β-unsaturated/α-hetero) is 1. The fourth-order valence-corrected chi connectivity index (χ4v) is 8.60. The number of aliphatic hydroxyl groups is 2. The van der Waals surface area contributed by atoms with Gasteiger partial charge in [-0.15, -0.1) is 0 Å². The summed E-state index contributed by atoms with van der Waals surface area (Å²) in [5.41, 5.74) is 3.75. The lowest BCUT2D eigenvalue weighted by Gasteiger charge is -2.60. The van der Waals surface area contributed by atoms with E-state index >= 15 is 0 Å². The number of carbonyl (C=O) groups excluding carboxylic acids is 1. The van der Waals surface area contributed by atoms with Crippen molar-refractivity contribution in [2.24, 2.45) is 39.4 Å². The van der Waals surface area contributed by atoms with Crippen molar-refractivity contribution in [2.45, 2.75) is 99.5 Å². The van der Waals surface area contributed by atoms with Crippen molar-refractivity contribution in [3.05, 3.63) is 34.9 Å². The van der Waals surface area contributed by atoms with Crippen LogP contribution in [0, 0.1) is 39.4 Å². The van der Waals surface area contributed by atoms with Crippen LogP contribution in [0.2, 0.25) is 0 Å². The molecule has 3 nitrogen and oxygen atoms in total. The molecule has 2 fully saturated rings. The number of ketones is 1. The average Bonchev–Trinajstić information content (AvgIpc) is 2.94. The van der Waals surface area contributed by atoms with Gasteiger partial charge < -0.3 is 10.2 Å². The molecule has 0 spiro atoms. The molecule has 4 rings (SSSR count). The van der Waals surface area contributed by atoms with Crippen molar-refractivity contribution in [1.82, 2.24) is 0 Å². The van der Waals surface area contributed by atoms with Crippen LogP contribution < -0.4 is 0 Å². The number of allylic oxidation sites excluding steroid dienone is 6. The fourth-order valence-electron chi connectivity index (χ4n) is 8.60. The third kappa shape index (κ3) is 3.47. The number of hydrogen-bond acceptors (Lipinski definition) is 3. The van der Waals surface area contributed by atoms with Crippen LogP contribution in [-0.4, -0.2) is 28.7 Å². The van der Waals surface area contributed by atoms with Gasteiger partial charge in [-0.05, 0) is 91.6 Å². The zero-order valence-electron chi connectivity index (χ0n) is 22.0. The third-order valence-corrected chi connectivity index (χ3v) is 10.9. The monoisotopic (exact) mass is 454 g/mol. The Morgan fingerprint density at radius 2 is 1.85 bits per heavy atom. The molecule has 0 heterocycles. The minimum Gasteiger partial charge on any atom is -0.396 e. The Morgan fingerprint density at radius 3 is 2.48 bits per heavy atom. The second-order valence-corrected chi connectivity index (χ2v) is 13.2. The average molecular weight is 455 g/mol. The first-order valence-electron chi connectivity index (χ1n) is 13.2. The van der Waals surface area contributed by atoms with E-state index < -0.39 is 0 Å². The normalized spacial score (nSPS) is 42.5. The van der Waals surface area contributed by atoms with Crippen LogP contribution in [0.15, 0.2) is 34.9 Å². The summed E-state index contributed by atoms with van der Waals surface area (Å²) < 4.78 is 0. The fraction of sp³-hybridized carbons (Fsp3) is 0.767. The minimum absolute atomic E-state index is 0.0196. The zero-order valence-corrected chi connectivity index (χ0v) is 22.0. The van der Waals surface area contributed by atoms with Crippen LogP contribution >= 0.6 is 0 Å². The Balaban J connectivity index is 1.72. The standard InChI is InChI=1S/C30H46O3/c1-19(2)9-8-10-20(18-31)26-23(32)17-30(7)22-11-12-24-27(3,4)25(33)14-15-28(24,5)21(22)13-16-29(26,30)6/h9,11,13,20,24-26,31,33H,8,10,12,14-18H2,1-7H3. The summed E-state index contributed by atoms with van der Waals surface area (Å²) in [6.45, 7) is 15.8. The van der Waals surface area contributed by atoms with E-state index in [4.69, 9.17) is 0 Å². The molecule has 3 heteroatoms. The van der Waals surface area contributed by atoms with Crippen molar-refractivity contribution in [2.75, 3.05) is 6.61 Å². The predicted octanol–water partition coefficient (Wildman–Crippen LogP) is 6.41. The second kappa shape index (κ2) is 8.19. The minimum atomic E-state index is -0.251. The molecule has 0 aliphatic heterocycles. The SMILES string of the molecule is CC(C)=CCCC(CO)C1C(=O)CC2(C)C3=CCC4C(C)(CCC(O)C4(C)C)C3=CCC12C. The molecule has 4 aliphatic carbocycles. The van der Waals surface area contributed by atoms with Gasteiger partial charge in [0.15, 0.2) is 0 Å². The first kappa shape index (κ1) is 24.9. The van der Waals surface area contributed by atoms with Gasteiger partial charge >= 0.3 is 0 Å². The van der Waals surface area contributed by atoms with E-state index in [0.717, 1.165) is 38.5 Å². The summed E-state index contributed by atoms with van der Waals surface area (Å²) in [7, 11) is 0. The molecule has 33 heavy (non-hydrogen) atoms. The maximum Gasteiger partial charge on any atom is 0.137 e. The molecule has 0 aromatic rings. The maximum atomic E-state index is 13.6. The lowest BCUT2D eigenvalue weighted by molar-refractivity contribution is -0.125. The van der Waals surface area contributed by atoms with Crippen molar-refractivity contribution in [3.63, 3.8) is 0 Å². The molecule has 0 bridgehead atoms. The van der Waals surface area contributed by atoms with Gasteiger partial charge in [-0.1, -0.05) is 58.4 Å². The number of hydrogen-bond donors (Lipinski definition) is 2. The number of carbonyl (C=O) groups is 1. The Hall–Kier alpha value is -1.19. The van der Waals surface area contributed by atoms with E-state index in [2.05, 4.69) is 66.7 Å². The molecule has 0 aromatic heterocycles. The molecule has 7 unspecified atom stereocenters. The van der Waals surface area contributed by atoms with E-state index in [-0.39, 0.29) is 46.2 Å². The van der Waals surface area contributed by atoms with E-state index in [1.165, 1.54) is 16.7 Å². The lowest BCUT2D eigenvalue weighted by Crippen LogP contribution is -2.54. The molecular formula is C30H46O3. The summed E-state index contributed by atoms with van der Waals surface area (Å²) in [5, 5.41) is 21.1. The van der Waals surface area contributed by atoms with Gasteiger partial charge in [0.1, 0.15) is 5.78 Å². The van der Waals surface area contributed by atoms with Gasteiger partial charge in [0.25, 0.3) is 0 Å². The Morgan fingerprint density at radius 1 is 1.15 bits per heavy atom. The van der Waals surface area contributed by atoms with Gasteiger partial charge in [-0.25, -0.2) is 0 Å². The highest BCUT2D eigenvalue weighted by atomic mass is 16.3. The maximum absolute atomic E-state index is 13.6. The summed E-state index contributed by atoms with van der Waals surface area (Å²) >= 11 is 0. The van der Waals surface area contributed by atoms with Crippen molar-refractivity contribution in [1.29, 1.82) is 0 Å². The van der Waals surface area contributed by atoms with Crippen LogP contribution in [0.5, 0.6) is 0 Å². The van der Waals surface area contributed by atoms with Gasteiger partial charge in [0.05, 0.1) is 6.10 Å². The predicted molar refractivity (Wildman–Crippen MR) is 135 cm³/mol. The summed E-state index contributed by atoms with van der Waals surface area (Å²) in [5.74, 6) is 0.690. The molecule has 0 radical (unpaired) electrons. The molecule has 0 saturated heterocycles. The topological polar surface area (TPSA) is 57.5 Å². The van der Waals surface area contributed by atoms with Gasteiger partial charge in [-0.2, -0.15) is 0 Å². The lowest BCUT2D eigenvalue weighted by atomic mass is 9.44. The largest absolute Gasteiger partial charge is 0.396 e. The second-order valence-electron chi connectivity index (χ2n) is 13.2. The number of aliphatic hydroxyl groups excluding tert-OH is 2. The molecule has 2 N–H and O–H groups in total. The van der Waals surface area contributed by atoms with Crippen molar-refractivity contribution < 1.29 is 15.0 Å². The molecular weight excluding hydrogens is 408 g/mol. The van der Waals surface area contributed by atoms with Gasteiger partial charge in [0, 0.05) is 24.4 Å². The van der Waals surface area contributed by atoms with E-state index in [1.807, 2.05) is 0 Å². The van der Waals surface area contributed by atoms with E-state index in [0.29, 0.717) is 18.1 Å². The number of rotatable bonds is 5. The van der Waals surface area contributed by atoms with Crippen LogP contribution in [0.4, 0.5) is 0 Å². The van der Waals surface area contributed by atoms with Crippen molar-refractivity contribution >= 4 is 5.78 Å². The van der Waals surface area contributed by atoms with E-state index in [9.17, 15) is 15.0 Å². The summed E-state index contributed by atoms with van der Waals surface area (Å²) in [6, 6.07) is 0. The summed E-state index contributed by atoms with van der Waals surface area (Å²) in [6.07, 6.45) is 13.0. The molecule has 2 saturated carbocycles. The van der Waals surface area contributed by atoms with Crippen LogP contribution in [0.1, 0.15) is 93.4 Å². The zero-order chi connectivity index (χ0) is 24.4. The molecule has 4 aliphatic rings. The smallest absolute Gasteiger partial charge is 0.137 e. The first-order valence-corrected chi connectivity index (χ1v) is 13.2. The Bertz CT molecular complexity index is 904. The summed E-state index contributed by atoms with van der Waals surface area (Å²) in [4.78, 5) is 13.6. The van der Waals surface area contributed by atoms with Crippen LogP contribution in [0.3, 0.4) is 0 Å². The van der Waals surface area contributed by atoms with Crippen LogP contribution in [-0.2, 0) is 4.79 Å². The molecule has 0 amide bonds. The molecule has 0 aromatic carbocycles. The van der Waals surface area contributed by atoms with E-state index in [1.54, 1.807) is 0 Å².